The lowest BCUT2D eigenvalue weighted by atomic mass is 10.1. The summed E-state index contributed by atoms with van der Waals surface area (Å²) >= 11 is 13.3. The van der Waals surface area contributed by atoms with Gasteiger partial charge < -0.3 is 10.2 Å². The molecule has 1 N–H and O–H groups in total. The summed E-state index contributed by atoms with van der Waals surface area (Å²) in [5.41, 5.74) is 1.23. The van der Waals surface area contributed by atoms with E-state index in [1.807, 2.05) is 26.0 Å². The number of carbonyl (C=O) groups excluding carboxylic acids is 2. The van der Waals surface area contributed by atoms with E-state index in [-0.39, 0.29) is 35.9 Å². The molecule has 2 aromatic carbocycles. The minimum atomic E-state index is -0.658. The van der Waals surface area contributed by atoms with Crippen molar-refractivity contribution in [1.82, 2.24) is 10.2 Å². The molecule has 0 bridgehead atoms. The second-order valence-corrected chi connectivity index (χ2v) is 9.16. The van der Waals surface area contributed by atoms with Crippen LogP contribution in [-0.4, -0.2) is 34.6 Å². The minimum absolute atomic E-state index is 0.0139. The molecule has 0 heterocycles. The van der Waals surface area contributed by atoms with Gasteiger partial charge in [0, 0.05) is 33.9 Å². The van der Waals surface area contributed by atoms with Gasteiger partial charge in [0.15, 0.2) is 0 Å². The molecule has 0 unspecified atom stereocenters. The highest BCUT2D eigenvalue weighted by Crippen LogP contribution is 2.24. The van der Waals surface area contributed by atoms with Crippen molar-refractivity contribution in [2.45, 2.75) is 51.6 Å². The Kier molecular flexibility index (Phi) is 10.1. The van der Waals surface area contributed by atoms with Crippen molar-refractivity contribution in [3.63, 3.8) is 0 Å². The Labute approximate surface area is 197 Å². The van der Waals surface area contributed by atoms with E-state index < -0.39 is 11.9 Å². The summed E-state index contributed by atoms with van der Waals surface area (Å²) < 4.78 is 14.0. The fourth-order valence-electron chi connectivity index (χ4n) is 2.83. The zero-order valence-corrected chi connectivity index (χ0v) is 20.2. The van der Waals surface area contributed by atoms with Crippen molar-refractivity contribution in [2.75, 3.05) is 5.75 Å². The average molecular weight is 485 g/mol. The molecule has 0 spiro atoms. The quantitative estimate of drug-likeness (QED) is 0.470. The van der Waals surface area contributed by atoms with Gasteiger partial charge in [-0.15, -0.1) is 11.8 Å². The average Bonchev–Trinajstić information content (AvgIpc) is 2.74. The molecule has 0 radical (unpaired) electrons. The Morgan fingerprint density at radius 3 is 2.42 bits per heavy atom. The van der Waals surface area contributed by atoms with Gasteiger partial charge in [0.1, 0.15) is 11.9 Å². The van der Waals surface area contributed by atoms with E-state index >= 15 is 0 Å². The molecule has 2 aromatic rings. The number of halogens is 3. The number of hydrogen-bond donors (Lipinski definition) is 1. The third-order valence-electron chi connectivity index (χ3n) is 4.97. The van der Waals surface area contributed by atoms with Crippen molar-refractivity contribution >= 4 is 46.8 Å². The van der Waals surface area contributed by atoms with E-state index in [1.54, 1.807) is 31.2 Å². The maximum atomic E-state index is 14.0. The lowest BCUT2D eigenvalue weighted by Crippen LogP contribution is -2.50. The van der Waals surface area contributed by atoms with Crippen LogP contribution in [0.5, 0.6) is 0 Å². The first-order chi connectivity index (χ1) is 14.7. The van der Waals surface area contributed by atoms with Crippen LogP contribution in [0, 0.1) is 5.82 Å². The highest BCUT2D eigenvalue weighted by Gasteiger charge is 2.26. The number of carbonyl (C=O) groups is 2. The smallest absolute Gasteiger partial charge is 0.242 e. The number of nitrogens with zero attached hydrogens (tertiary/aromatic N) is 1. The number of amides is 2. The van der Waals surface area contributed by atoms with E-state index in [2.05, 4.69) is 5.32 Å². The lowest BCUT2D eigenvalue weighted by molar-refractivity contribution is -0.138. The van der Waals surface area contributed by atoms with Crippen LogP contribution in [0.3, 0.4) is 0 Å². The van der Waals surface area contributed by atoms with E-state index in [0.717, 1.165) is 12.0 Å². The van der Waals surface area contributed by atoms with Gasteiger partial charge in [-0.05, 0) is 50.1 Å². The highest BCUT2D eigenvalue weighted by atomic mass is 35.5. The van der Waals surface area contributed by atoms with Gasteiger partial charge in [-0.3, -0.25) is 9.59 Å². The molecule has 0 aliphatic rings. The first-order valence-corrected chi connectivity index (χ1v) is 12.0. The summed E-state index contributed by atoms with van der Waals surface area (Å²) in [6.45, 7) is 5.89. The second kappa shape index (κ2) is 12.3. The maximum Gasteiger partial charge on any atom is 0.242 e. The molecule has 0 aliphatic heterocycles. The number of benzene rings is 2. The van der Waals surface area contributed by atoms with Crippen LogP contribution in [0.25, 0.3) is 0 Å². The number of rotatable bonds is 10. The monoisotopic (exact) mass is 484 g/mol. The van der Waals surface area contributed by atoms with Gasteiger partial charge in [0.2, 0.25) is 11.8 Å². The number of thioether (sulfide) groups is 1. The number of hydrogen-bond acceptors (Lipinski definition) is 3. The third-order valence-corrected chi connectivity index (χ3v) is 6.52. The molecule has 2 amide bonds. The molecule has 8 heteroatoms. The van der Waals surface area contributed by atoms with E-state index in [0.29, 0.717) is 15.6 Å². The fraction of sp³-hybridized carbons (Fsp3) is 0.391. The zero-order chi connectivity index (χ0) is 23.0. The molecule has 0 saturated carbocycles. The van der Waals surface area contributed by atoms with Gasteiger partial charge in [-0.1, -0.05) is 48.3 Å². The van der Waals surface area contributed by atoms with Crippen LogP contribution in [0.1, 0.15) is 38.3 Å². The fourth-order valence-corrected chi connectivity index (χ4v) is 4.20. The van der Waals surface area contributed by atoms with Gasteiger partial charge >= 0.3 is 0 Å². The summed E-state index contributed by atoms with van der Waals surface area (Å²) in [4.78, 5) is 27.3. The van der Waals surface area contributed by atoms with Crippen LogP contribution in [-0.2, 0) is 21.9 Å². The van der Waals surface area contributed by atoms with Crippen molar-refractivity contribution in [3.8, 4) is 0 Å². The standard InChI is InChI=1S/C23H27Cl2FN2O2S/c1-4-15(2)27-23(30)16(3)28(12-17-8-10-18(24)11-9-17)22(29)14-31-13-19-20(25)6-5-7-21(19)26/h5-11,15-16H,4,12-14H2,1-3H3,(H,27,30)/t15-,16-/m0/s1. The molecule has 0 fully saturated rings. The van der Waals surface area contributed by atoms with Crippen molar-refractivity contribution < 1.29 is 14.0 Å². The largest absolute Gasteiger partial charge is 0.352 e. The van der Waals surface area contributed by atoms with E-state index in [4.69, 9.17) is 23.2 Å². The van der Waals surface area contributed by atoms with Gasteiger partial charge in [-0.25, -0.2) is 4.39 Å². The Morgan fingerprint density at radius 2 is 1.81 bits per heavy atom. The topological polar surface area (TPSA) is 49.4 Å². The van der Waals surface area contributed by atoms with Crippen molar-refractivity contribution in [2.24, 2.45) is 0 Å². The Morgan fingerprint density at radius 1 is 1.13 bits per heavy atom. The maximum absolute atomic E-state index is 14.0. The summed E-state index contributed by atoms with van der Waals surface area (Å²) in [5, 5.41) is 3.86. The molecular formula is C23H27Cl2FN2O2S. The van der Waals surface area contributed by atoms with E-state index in [9.17, 15) is 14.0 Å². The Balaban J connectivity index is 2.11. The minimum Gasteiger partial charge on any atom is -0.352 e. The number of nitrogens with one attached hydrogen (secondary N) is 1. The van der Waals surface area contributed by atoms with Gasteiger partial charge in [0.25, 0.3) is 0 Å². The molecule has 0 aromatic heterocycles. The molecule has 4 nitrogen and oxygen atoms in total. The molecular weight excluding hydrogens is 458 g/mol. The summed E-state index contributed by atoms with van der Waals surface area (Å²) in [5.74, 6) is -0.455. The molecule has 2 atom stereocenters. The van der Waals surface area contributed by atoms with Gasteiger partial charge in [0.05, 0.1) is 5.75 Å². The first-order valence-electron chi connectivity index (χ1n) is 10.1. The normalized spacial score (nSPS) is 12.8. The van der Waals surface area contributed by atoms with Crippen LogP contribution in [0.15, 0.2) is 42.5 Å². The van der Waals surface area contributed by atoms with Crippen LogP contribution in [0.4, 0.5) is 4.39 Å². The predicted octanol–water partition coefficient (Wildman–Crippen LogP) is 5.70. The summed E-state index contributed by atoms with van der Waals surface area (Å²) in [6.07, 6.45) is 0.794. The molecule has 31 heavy (non-hydrogen) atoms. The van der Waals surface area contributed by atoms with Gasteiger partial charge in [-0.2, -0.15) is 0 Å². The summed E-state index contributed by atoms with van der Waals surface area (Å²) in [6, 6.07) is 11.0. The van der Waals surface area contributed by atoms with Crippen molar-refractivity contribution in [3.05, 3.63) is 69.5 Å². The molecule has 2 rings (SSSR count). The van der Waals surface area contributed by atoms with Crippen LogP contribution < -0.4 is 5.32 Å². The van der Waals surface area contributed by atoms with Crippen molar-refractivity contribution in [1.29, 1.82) is 0 Å². The zero-order valence-electron chi connectivity index (χ0n) is 17.8. The SMILES string of the molecule is CC[C@H](C)NC(=O)[C@H](C)N(Cc1ccc(Cl)cc1)C(=O)CSCc1c(F)cccc1Cl. The lowest BCUT2D eigenvalue weighted by Gasteiger charge is -2.29. The molecule has 168 valence electrons. The van der Waals surface area contributed by atoms with Crippen LogP contribution in [0.2, 0.25) is 10.0 Å². The molecule has 0 saturated heterocycles. The first kappa shape index (κ1) is 25.5. The third kappa shape index (κ3) is 7.70. The van der Waals surface area contributed by atoms with E-state index in [1.165, 1.54) is 22.7 Å². The summed E-state index contributed by atoms with van der Waals surface area (Å²) in [7, 11) is 0. The Hall–Kier alpha value is -1.76. The van der Waals surface area contributed by atoms with Crippen LogP contribution >= 0.6 is 35.0 Å². The predicted molar refractivity (Wildman–Crippen MR) is 127 cm³/mol. The Bertz CT molecular complexity index is 875. The second-order valence-electron chi connectivity index (χ2n) is 7.33. The molecule has 0 aliphatic carbocycles. The highest BCUT2D eigenvalue weighted by molar-refractivity contribution is 7.99.